The van der Waals surface area contributed by atoms with Crippen LogP contribution >= 0.6 is 0 Å². The lowest BCUT2D eigenvalue weighted by Gasteiger charge is -1.96. The van der Waals surface area contributed by atoms with Crippen LogP contribution in [0.4, 0.5) is 0 Å². The van der Waals surface area contributed by atoms with Crippen LogP contribution < -0.4 is 0 Å². The molecule has 2 heteroatoms. The van der Waals surface area contributed by atoms with E-state index in [1.54, 1.807) is 6.07 Å². The van der Waals surface area contributed by atoms with Gasteiger partial charge < -0.3 is 0 Å². The van der Waals surface area contributed by atoms with Crippen molar-refractivity contribution < 1.29 is 0 Å². The van der Waals surface area contributed by atoms with Gasteiger partial charge in [0, 0.05) is 11.3 Å². The largest absolute Gasteiger partial charge is 0.243 e. The topological polar surface area (TPSA) is 36.7 Å². The van der Waals surface area contributed by atoms with Crippen LogP contribution in [0.3, 0.4) is 0 Å². The first kappa shape index (κ1) is 11.9. The Kier molecular flexibility index (Phi) is 3.41. The van der Waals surface area contributed by atoms with E-state index in [1.165, 1.54) is 5.56 Å². The maximum atomic E-state index is 8.99. The molecule has 0 aliphatic carbocycles. The van der Waals surface area contributed by atoms with Crippen LogP contribution in [0.25, 0.3) is 0 Å². The summed E-state index contributed by atoms with van der Waals surface area (Å²) in [6.07, 6.45) is 0. The van der Waals surface area contributed by atoms with Crippen LogP contribution in [0, 0.1) is 37.0 Å². The number of benzene rings is 1. The summed E-state index contributed by atoms with van der Waals surface area (Å²) in [6.45, 7) is 3.92. The van der Waals surface area contributed by atoms with Crippen molar-refractivity contribution in [2.24, 2.45) is 0 Å². The predicted molar refractivity (Wildman–Crippen MR) is 70.8 cm³/mol. The molecule has 0 spiro atoms. The first-order valence-electron chi connectivity index (χ1n) is 5.65. The second-order valence-corrected chi connectivity index (χ2v) is 4.08. The molecule has 0 saturated heterocycles. The lowest BCUT2D eigenvalue weighted by Crippen LogP contribution is -1.91. The van der Waals surface area contributed by atoms with Crippen LogP contribution in [0.15, 0.2) is 36.4 Å². The monoisotopic (exact) mass is 232 g/mol. The fourth-order valence-corrected chi connectivity index (χ4v) is 1.51. The Balaban J connectivity index is 2.38. The summed E-state index contributed by atoms with van der Waals surface area (Å²) in [7, 11) is 0. The molecule has 2 aromatic rings. The lowest BCUT2D eigenvalue weighted by atomic mass is 10.1. The van der Waals surface area contributed by atoms with Gasteiger partial charge in [-0.3, -0.25) is 0 Å². The summed E-state index contributed by atoms with van der Waals surface area (Å²) < 4.78 is 0. The number of nitrogens with zero attached hydrogens (tertiary/aromatic N) is 2. The number of hydrogen-bond donors (Lipinski definition) is 0. The summed E-state index contributed by atoms with van der Waals surface area (Å²) >= 11 is 0. The lowest BCUT2D eigenvalue weighted by molar-refractivity contribution is 1.16. The van der Waals surface area contributed by atoms with E-state index in [-0.39, 0.29) is 0 Å². The molecule has 1 heterocycles. The minimum atomic E-state index is 0.514. The van der Waals surface area contributed by atoms with Crippen LogP contribution in [0.2, 0.25) is 0 Å². The van der Waals surface area contributed by atoms with Crippen LogP contribution in [-0.2, 0) is 0 Å². The van der Waals surface area contributed by atoms with E-state index < -0.39 is 0 Å². The van der Waals surface area contributed by atoms with Crippen LogP contribution in [-0.4, -0.2) is 4.98 Å². The molecule has 0 aliphatic heterocycles. The summed E-state index contributed by atoms with van der Waals surface area (Å²) in [4.78, 5) is 4.28. The van der Waals surface area contributed by atoms with E-state index in [0.717, 1.165) is 11.3 Å². The zero-order valence-electron chi connectivity index (χ0n) is 10.4. The van der Waals surface area contributed by atoms with Gasteiger partial charge >= 0.3 is 0 Å². The second-order valence-electron chi connectivity index (χ2n) is 4.08. The predicted octanol–water partition coefficient (Wildman–Crippen LogP) is 2.97. The first-order valence-corrected chi connectivity index (χ1v) is 5.65. The number of hydrogen-bond acceptors (Lipinski definition) is 2. The van der Waals surface area contributed by atoms with Gasteiger partial charge in [-0.05, 0) is 44.0 Å². The third kappa shape index (κ3) is 2.75. The molecule has 0 fully saturated rings. The average Bonchev–Trinajstić information content (AvgIpc) is 2.38. The highest BCUT2D eigenvalue weighted by atomic mass is 14.7. The van der Waals surface area contributed by atoms with Crippen molar-refractivity contribution in [2.75, 3.05) is 0 Å². The highest BCUT2D eigenvalue weighted by Crippen LogP contribution is 2.06. The quantitative estimate of drug-likeness (QED) is 0.655. The van der Waals surface area contributed by atoms with E-state index in [9.17, 15) is 0 Å². The van der Waals surface area contributed by atoms with Gasteiger partial charge in [-0.2, -0.15) is 5.26 Å². The minimum absolute atomic E-state index is 0.514. The van der Waals surface area contributed by atoms with Gasteiger partial charge in [-0.25, -0.2) is 4.98 Å². The number of aryl methyl sites for hydroxylation is 2. The normalized spacial score (nSPS) is 9.17. The molecule has 0 radical (unpaired) electrons. The number of nitriles is 1. The van der Waals surface area contributed by atoms with Crippen molar-refractivity contribution in [3.05, 3.63) is 64.5 Å². The summed E-state index contributed by atoms with van der Waals surface area (Å²) in [5.74, 6) is 5.98. The molecule has 86 valence electrons. The fraction of sp³-hybridized carbons (Fsp3) is 0.125. The molecule has 0 aliphatic rings. The minimum Gasteiger partial charge on any atom is -0.243 e. The summed E-state index contributed by atoms with van der Waals surface area (Å²) in [5.41, 5.74) is 4.04. The smallest absolute Gasteiger partial charge is 0.131 e. The van der Waals surface area contributed by atoms with E-state index in [0.29, 0.717) is 11.3 Å². The molecule has 0 unspecified atom stereocenters. The van der Waals surface area contributed by atoms with E-state index >= 15 is 0 Å². The summed E-state index contributed by atoms with van der Waals surface area (Å²) in [6, 6.07) is 13.6. The Morgan fingerprint density at radius 3 is 2.33 bits per heavy atom. The number of rotatable bonds is 0. The van der Waals surface area contributed by atoms with Crippen LogP contribution in [0.1, 0.15) is 28.1 Å². The van der Waals surface area contributed by atoms with Crippen molar-refractivity contribution in [3.63, 3.8) is 0 Å². The van der Waals surface area contributed by atoms with Crippen LogP contribution in [0.5, 0.6) is 0 Å². The number of pyridine rings is 1. The standard InChI is InChI=1S/C16H12N2/c1-12-3-6-14(7-4-12)8-10-16-15(11-17)9-5-13(2)18-16/h3-7,9H,1-2H3. The Labute approximate surface area is 107 Å². The zero-order valence-corrected chi connectivity index (χ0v) is 10.4. The second kappa shape index (κ2) is 5.17. The Hall–Kier alpha value is -2.58. The van der Waals surface area contributed by atoms with E-state index in [4.69, 9.17) is 5.26 Å². The molecule has 18 heavy (non-hydrogen) atoms. The van der Waals surface area contributed by atoms with Gasteiger partial charge in [-0.1, -0.05) is 23.6 Å². The highest BCUT2D eigenvalue weighted by Gasteiger charge is 2.00. The Morgan fingerprint density at radius 1 is 0.944 bits per heavy atom. The fourth-order valence-electron chi connectivity index (χ4n) is 1.51. The third-order valence-corrected chi connectivity index (χ3v) is 2.53. The van der Waals surface area contributed by atoms with Crippen molar-refractivity contribution in [2.45, 2.75) is 13.8 Å². The van der Waals surface area contributed by atoms with Gasteiger partial charge in [0.2, 0.25) is 0 Å². The first-order chi connectivity index (χ1) is 8.69. The number of aromatic nitrogens is 1. The van der Waals surface area contributed by atoms with Gasteiger partial charge in [0.05, 0.1) is 5.56 Å². The van der Waals surface area contributed by atoms with Gasteiger partial charge in [0.25, 0.3) is 0 Å². The van der Waals surface area contributed by atoms with Crippen molar-refractivity contribution in [1.82, 2.24) is 4.98 Å². The zero-order chi connectivity index (χ0) is 13.0. The van der Waals surface area contributed by atoms with Gasteiger partial charge in [-0.15, -0.1) is 0 Å². The summed E-state index contributed by atoms with van der Waals surface area (Å²) in [5, 5.41) is 8.99. The molecule has 0 atom stereocenters. The Morgan fingerprint density at radius 2 is 1.67 bits per heavy atom. The molecule has 0 saturated carbocycles. The maximum absolute atomic E-state index is 8.99. The molecule has 1 aromatic carbocycles. The highest BCUT2D eigenvalue weighted by molar-refractivity contribution is 5.47. The molecule has 0 amide bonds. The van der Waals surface area contributed by atoms with Gasteiger partial charge in [0.1, 0.15) is 11.8 Å². The SMILES string of the molecule is Cc1ccc(C#Cc2nc(C)ccc2C#N)cc1. The molecule has 1 aromatic heterocycles. The third-order valence-electron chi connectivity index (χ3n) is 2.53. The molecule has 2 nitrogen and oxygen atoms in total. The maximum Gasteiger partial charge on any atom is 0.131 e. The molecule has 2 rings (SSSR count). The Bertz CT molecular complexity index is 665. The molecule has 0 bridgehead atoms. The molecular formula is C16H12N2. The van der Waals surface area contributed by atoms with Gasteiger partial charge in [0.15, 0.2) is 0 Å². The van der Waals surface area contributed by atoms with Crippen molar-refractivity contribution in [1.29, 1.82) is 5.26 Å². The molecule has 0 N–H and O–H groups in total. The average molecular weight is 232 g/mol. The molecular weight excluding hydrogens is 220 g/mol. The van der Waals surface area contributed by atoms with Crippen molar-refractivity contribution >= 4 is 0 Å². The van der Waals surface area contributed by atoms with E-state index in [2.05, 4.69) is 22.9 Å². The van der Waals surface area contributed by atoms with Crippen molar-refractivity contribution in [3.8, 4) is 17.9 Å². The van der Waals surface area contributed by atoms with E-state index in [1.807, 2.05) is 44.2 Å².